The van der Waals surface area contributed by atoms with Gasteiger partial charge in [0.1, 0.15) is 0 Å². The Balaban J connectivity index is 2.55. The molecule has 0 fully saturated rings. The van der Waals surface area contributed by atoms with E-state index in [0.29, 0.717) is 11.8 Å². The molecule has 0 atom stereocenters. The summed E-state index contributed by atoms with van der Waals surface area (Å²) in [6.07, 6.45) is 0. The van der Waals surface area contributed by atoms with Crippen LogP contribution in [0.4, 0.5) is 0 Å². The van der Waals surface area contributed by atoms with E-state index < -0.39 is 0 Å². The maximum absolute atomic E-state index is 2.33. The first kappa shape index (κ1) is 11.2. The predicted octanol–water partition coefficient (Wildman–Crippen LogP) is 5.04. The van der Waals surface area contributed by atoms with Crippen molar-refractivity contribution in [2.24, 2.45) is 0 Å². The summed E-state index contributed by atoms with van der Waals surface area (Å²) in [7, 11) is 0. The summed E-state index contributed by atoms with van der Waals surface area (Å²) >= 11 is 0. The zero-order chi connectivity index (χ0) is 11.7. The summed E-state index contributed by atoms with van der Waals surface area (Å²) in [5.41, 5.74) is 5.65. The van der Waals surface area contributed by atoms with Crippen LogP contribution in [0.2, 0.25) is 0 Å². The van der Waals surface area contributed by atoms with Gasteiger partial charge in [-0.05, 0) is 34.1 Å². The van der Waals surface area contributed by atoms with Crippen molar-refractivity contribution < 1.29 is 0 Å². The van der Waals surface area contributed by atoms with Crippen LogP contribution in [0.1, 0.15) is 50.7 Å². The molecule has 0 nitrogen and oxygen atoms in total. The fourth-order valence-electron chi connectivity index (χ4n) is 2.19. The van der Waals surface area contributed by atoms with E-state index in [1.807, 2.05) is 0 Å². The predicted molar refractivity (Wildman–Crippen MR) is 71.2 cm³/mol. The first-order valence-corrected chi connectivity index (χ1v) is 6.12. The molecular weight excluding hydrogens is 192 g/mol. The molecule has 0 aromatic carbocycles. The summed E-state index contributed by atoms with van der Waals surface area (Å²) in [6.45, 7) is 9.00. The quantitative estimate of drug-likeness (QED) is 0.654. The molecule has 0 unspecified atom stereocenters. The minimum absolute atomic E-state index is 0.591. The number of fused-ring (bicyclic) bond motifs is 1. The van der Waals surface area contributed by atoms with Gasteiger partial charge < -0.3 is 0 Å². The van der Waals surface area contributed by atoms with Gasteiger partial charge in [-0.2, -0.15) is 0 Å². The Morgan fingerprint density at radius 3 is 2.19 bits per heavy atom. The molecule has 84 valence electrons. The van der Waals surface area contributed by atoms with Crippen LogP contribution < -0.4 is 0 Å². The molecule has 2 rings (SSSR count). The van der Waals surface area contributed by atoms with E-state index in [1.165, 1.54) is 22.3 Å². The SMILES string of the molecule is CC(C)c1cccc2c(C(C)C)ccc-2c1. The van der Waals surface area contributed by atoms with Crippen LogP contribution in [0.5, 0.6) is 0 Å². The Morgan fingerprint density at radius 1 is 0.812 bits per heavy atom. The van der Waals surface area contributed by atoms with E-state index in [-0.39, 0.29) is 0 Å². The van der Waals surface area contributed by atoms with Crippen molar-refractivity contribution in [2.45, 2.75) is 39.5 Å². The molecule has 0 N–H and O–H groups in total. The molecule has 0 bridgehead atoms. The summed E-state index contributed by atoms with van der Waals surface area (Å²) in [5.74, 6) is 1.19. The lowest BCUT2D eigenvalue weighted by Gasteiger charge is -2.05. The van der Waals surface area contributed by atoms with Crippen LogP contribution in [0.3, 0.4) is 0 Å². The van der Waals surface area contributed by atoms with Gasteiger partial charge in [-0.15, -0.1) is 0 Å². The van der Waals surface area contributed by atoms with E-state index in [2.05, 4.69) is 64.1 Å². The van der Waals surface area contributed by atoms with Crippen molar-refractivity contribution in [2.75, 3.05) is 0 Å². The fourth-order valence-corrected chi connectivity index (χ4v) is 2.19. The molecule has 0 heterocycles. The lowest BCUT2D eigenvalue weighted by Crippen LogP contribution is -1.85. The fraction of sp³-hybridized carbons (Fsp3) is 0.375. The lowest BCUT2D eigenvalue weighted by molar-refractivity contribution is 0.868. The van der Waals surface area contributed by atoms with Gasteiger partial charge in [-0.3, -0.25) is 0 Å². The highest BCUT2D eigenvalue weighted by atomic mass is 14.2. The third kappa shape index (κ3) is 1.97. The topological polar surface area (TPSA) is 0 Å². The third-order valence-electron chi connectivity index (χ3n) is 3.23. The van der Waals surface area contributed by atoms with E-state index in [4.69, 9.17) is 0 Å². The second kappa shape index (κ2) is 4.29. The summed E-state index contributed by atoms with van der Waals surface area (Å²) < 4.78 is 0. The van der Waals surface area contributed by atoms with Crippen LogP contribution in [0.15, 0.2) is 36.4 Å². The molecule has 0 saturated carbocycles. The van der Waals surface area contributed by atoms with Crippen molar-refractivity contribution in [3.63, 3.8) is 0 Å². The monoisotopic (exact) mass is 212 g/mol. The van der Waals surface area contributed by atoms with Crippen molar-refractivity contribution in [1.82, 2.24) is 0 Å². The highest BCUT2D eigenvalue weighted by Gasteiger charge is 2.11. The Hall–Kier alpha value is -1.30. The van der Waals surface area contributed by atoms with Crippen molar-refractivity contribution >= 4 is 0 Å². The van der Waals surface area contributed by atoms with Gasteiger partial charge in [-0.25, -0.2) is 0 Å². The minimum Gasteiger partial charge on any atom is -0.0614 e. The van der Waals surface area contributed by atoms with Crippen molar-refractivity contribution in [3.8, 4) is 11.1 Å². The first-order valence-electron chi connectivity index (χ1n) is 6.12. The van der Waals surface area contributed by atoms with E-state index >= 15 is 0 Å². The molecule has 0 radical (unpaired) electrons. The highest BCUT2D eigenvalue weighted by Crippen LogP contribution is 2.33. The Morgan fingerprint density at radius 2 is 1.56 bits per heavy atom. The molecular formula is C16H20. The number of rotatable bonds is 2. The van der Waals surface area contributed by atoms with Crippen LogP contribution in [-0.4, -0.2) is 0 Å². The molecule has 0 amide bonds. The van der Waals surface area contributed by atoms with Gasteiger partial charge >= 0.3 is 0 Å². The molecule has 16 heavy (non-hydrogen) atoms. The Bertz CT molecular complexity index is 452. The average Bonchev–Trinajstić information content (AvgIpc) is 2.48. The summed E-state index contributed by atoms with van der Waals surface area (Å²) in [5, 5.41) is 0. The van der Waals surface area contributed by atoms with Gasteiger partial charge in [0, 0.05) is 0 Å². The standard InChI is InChI=1S/C16H20/c1-11(2)13-6-5-7-16-14(10-13)8-9-15(16)12(3)4/h5-12H,1-4H3. The molecule has 2 aliphatic rings. The van der Waals surface area contributed by atoms with Gasteiger partial charge in [0.05, 0.1) is 0 Å². The van der Waals surface area contributed by atoms with E-state index in [9.17, 15) is 0 Å². The molecule has 0 heteroatoms. The second-order valence-electron chi connectivity index (χ2n) is 5.14. The Labute approximate surface area is 98.7 Å². The van der Waals surface area contributed by atoms with Gasteiger partial charge in [0.25, 0.3) is 0 Å². The highest BCUT2D eigenvalue weighted by molar-refractivity contribution is 5.71. The largest absolute Gasteiger partial charge is 0.0614 e. The van der Waals surface area contributed by atoms with E-state index in [0.717, 1.165) is 0 Å². The molecule has 2 aliphatic carbocycles. The van der Waals surface area contributed by atoms with Crippen molar-refractivity contribution in [1.29, 1.82) is 0 Å². The summed E-state index contributed by atoms with van der Waals surface area (Å²) in [4.78, 5) is 0. The van der Waals surface area contributed by atoms with Gasteiger partial charge in [0.15, 0.2) is 0 Å². The number of hydrogen-bond donors (Lipinski definition) is 0. The van der Waals surface area contributed by atoms with E-state index in [1.54, 1.807) is 0 Å². The zero-order valence-electron chi connectivity index (χ0n) is 10.6. The zero-order valence-corrected chi connectivity index (χ0v) is 10.6. The molecule has 0 aliphatic heterocycles. The molecule has 0 spiro atoms. The molecule has 0 aromatic heterocycles. The maximum atomic E-state index is 2.33. The Kier molecular flexibility index (Phi) is 3.00. The minimum atomic E-state index is 0.591. The lowest BCUT2D eigenvalue weighted by atomic mass is 9.99. The molecule has 0 aromatic rings. The van der Waals surface area contributed by atoms with Gasteiger partial charge in [0.2, 0.25) is 0 Å². The third-order valence-corrected chi connectivity index (χ3v) is 3.23. The van der Waals surface area contributed by atoms with Crippen LogP contribution in [-0.2, 0) is 0 Å². The normalized spacial score (nSPS) is 11.6. The van der Waals surface area contributed by atoms with Crippen molar-refractivity contribution in [3.05, 3.63) is 47.5 Å². The van der Waals surface area contributed by atoms with Crippen LogP contribution in [0.25, 0.3) is 11.1 Å². The van der Waals surface area contributed by atoms with Crippen LogP contribution >= 0.6 is 0 Å². The van der Waals surface area contributed by atoms with Crippen LogP contribution in [0, 0.1) is 0 Å². The summed E-state index contributed by atoms with van der Waals surface area (Å²) in [6, 6.07) is 13.5. The van der Waals surface area contributed by atoms with Gasteiger partial charge in [-0.1, -0.05) is 64.1 Å². The molecule has 0 saturated heterocycles. The first-order chi connectivity index (χ1) is 7.59. The maximum Gasteiger partial charge on any atom is -0.0149 e. The smallest absolute Gasteiger partial charge is 0.0149 e. The number of hydrogen-bond acceptors (Lipinski definition) is 0. The average molecular weight is 212 g/mol. The second-order valence-corrected chi connectivity index (χ2v) is 5.14.